The summed E-state index contributed by atoms with van der Waals surface area (Å²) in [7, 11) is 1.92. The summed E-state index contributed by atoms with van der Waals surface area (Å²) in [5.74, 6) is -1.62. The minimum atomic E-state index is -1.35. The molecule has 0 amide bonds. The van der Waals surface area contributed by atoms with Gasteiger partial charge in [0.2, 0.25) is 0 Å². The molecule has 0 aromatic heterocycles. The quantitative estimate of drug-likeness (QED) is 0.752. The number of carboxylic acid groups (broad SMARTS) is 1. The van der Waals surface area contributed by atoms with Gasteiger partial charge in [0.1, 0.15) is 12.4 Å². The average molecular weight is 415 g/mol. The molecule has 0 saturated carbocycles. The fraction of sp³-hybridized carbons (Fsp3) is 0.409. The number of carboxylic acids is 1. The normalized spacial score (nSPS) is 20.0. The molecule has 0 bridgehead atoms. The van der Waals surface area contributed by atoms with Crippen molar-refractivity contribution < 1.29 is 24.2 Å². The molecule has 2 aliphatic carbocycles. The van der Waals surface area contributed by atoms with Crippen molar-refractivity contribution in [2.24, 2.45) is 0 Å². The Kier molecular flexibility index (Phi) is 5.21. The van der Waals surface area contributed by atoms with Crippen molar-refractivity contribution in [1.82, 2.24) is 4.90 Å². The zero-order valence-corrected chi connectivity index (χ0v) is 16.9. The Morgan fingerprint density at radius 1 is 1.10 bits per heavy atom. The van der Waals surface area contributed by atoms with Crippen molar-refractivity contribution >= 4 is 29.1 Å². The summed E-state index contributed by atoms with van der Waals surface area (Å²) in [5.41, 5.74) is 3.63. The highest BCUT2D eigenvalue weighted by Crippen LogP contribution is 2.50. The van der Waals surface area contributed by atoms with Gasteiger partial charge in [-0.1, -0.05) is 11.6 Å². The third-order valence-electron chi connectivity index (χ3n) is 5.87. The topological polar surface area (TPSA) is 86.7 Å². The number of carbonyl (C=O) groups excluding carboxylic acids is 3. The number of ether oxygens (including phenoxy) is 1. The number of hydrogen-bond acceptors (Lipinski definition) is 6. The van der Waals surface area contributed by atoms with Crippen molar-refractivity contribution in [2.75, 3.05) is 13.7 Å². The van der Waals surface area contributed by atoms with Gasteiger partial charge >= 0.3 is 0 Å². The van der Waals surface area contributed by atoms with Crippen molar-refractivity contribution in [3.05, 3.63) is 51.3 Å². The van der Waals surface area contributed by atoms with Crippen LogP contribution in [0.2, 0.25) is 5.02 Å². The van der Waals surface area contributed by atoms with Crippen LogP contribution in [0.3, 0.4) is 0 Å². The molecule has 1 heterocycles. The van der Waals surface area contributed by atoms with Crippen molar-refractivity contribution in [2.45, 2.75) is 44.4 Å². The predicted octanol–water partition coefficient (Wildman–Crippen LogP) is 2.51. The highest BCUT2D eigenvalue weighted by atomic mass is 35.5. The van der Waals surface area contributed by atoms with Gasteiger partial charge in [0.25, 0.3) is 0 Å². The summed E-state index contributed by atoms with van der Waals surface area (Å²) in [6.07, 6.45) is 3.92. The minimum absolute atomic E-state index is 0.0128. The number of rotatable bonds is 4. The largest absolute Gasteiger partial charge is 0.546 e. The molecule has 4 rings (SSSR count). The highest BCUT2D eigenvalue weighted by Gasteiger charge is 2.43. The summed E-state index contributed by atoms with van der Waals surface area (Å²) < 4.78 is 5.46. The van der Waals surface area contributed by atoms with Gasteiger partial charge in [-0.05, 0) is 43.9 Å². The molecule has 1 aliphatic heterocycles. The molecular weight excluding hydrogens is 394 g/mol. The SMILES string of the molecule is CN1C2=C(C(=O)CCC2)C(c2cc(Cl)ccc2OCC(=O)[O-])C2=C1CCCC2=O. The van der Waals surface area contributed by atoms with E-state index in [1.54, 1.807) is 18.2 Å². The molecule has 152 valence electrons. The van der Waals surface area contributed by atoms with Gasteiger partial charge in [0.05, 0.1) is 5.97 Å². The van der Waals surface area contributed by atoms with Gasteiger partial charge in [0.15, 0.2) is 11.6 Å². The van der Waals surface area contributed by atoms with Crippen LogP contribution in [-0.4, -0.2) is 36.1 Å². The van der Waals surface area contributed by atoms with Gasteiger partial charge in [-0.2, -0.15) is 0 Å². The Morgan fingerprint density at radius 2 is 1.69 bits per heavy atom. The van der Waals surface area contributed by atoms with E-state index >= 15 is 0 Å². The second kappa shape index (κ2) is 7.67. The molecule has 0 saturated heterocycles. The Morgan fingerprint density at radius 3 is 2.24 bits per heavy atom. The van der Waals surface area contributed by atoms with Gasteiger partial charge in [-0.15, -0.1) is 0 Å². The van der Waals surface area contributed by atoms with Crippen LogP contribution < -0.4 is 9.84 Å². The van der Waals surface area contributed by atoms with Crippen LogP contribution in [0.4, 0.5) is 0 Å². The number of allylic oxidation sites excluding steroid dienone is 4. The second-order valence-electron chi connectivity index (χ2n) is 7.61. The van der Waals surface area contributed by atoms with E-state index in [0.29, 0.717) is 40.3 Å². The summed E-state index contributed by atoms with van der Waals surface area (Å²) in [6.45, 7) is -0.624. The summed E-state index contributed by atoms with van der Waals surface area (Å²) in [6, 6.07) is 4.85. The van der Waals surface area contributed by atoms with Gasteiger partial charge in [-0.25, -0.2) is 0 Å². The van der Waals surface area contributed by atoms with E-state index in [1.165, 1.54) is 0 Å². The predicted molar refractivity (Wildman–Crippen MR) is 104 cm³/mol. The minimum Gasteiger partial charge on any atom is -0.546 e. The van der Waals surface area contributed by atoms with Crippen LogP contribution in [0.5, 0.6) is 5.75 Å². The zero-order chi connectivity index (χ0) is 20.7. The number of Topliss-reactive ketones (excluding diaryl/α,β-unsaturated/α-hetero) is 2. The van der Waals surface area contributed by atoms with E-state index in [2.05, 4.69) is 0 Å². The summed E-state index contributed by atoms with van der Waals surface area (Å²) in [4.78, 5) is 39.0. The first-order chi connectivity index (χ1) is 13.9. The van der Waals surface area contributed by atoms with Crippen LogP contribution in [0.1, 0.15) is 50.0 Å². The second-order valence-corrected chi connectivity index (χ2v) is 8.05. The van der Waals surface area contributed by atoms with Crippen LogP contribution in [0, 0.1) is 0 Å². The third kappa shape index (κ3) is 3.46. The first-order valence-electron chi connectivity index (χ1n) is 9.76. The van der Waals surface area contributed by atoms with Crippen LogP contribution in [0.15, 0.2) is 40.7 Å². The Hall–Kier alpha value is -2.60. The van der Waals surface area contributed by atoms with Gasteiger partial charge < -0.3 is 19.5 Å². The Bertz CT molecular complexity index is 933. The number of hydrogen-bond donors (Lipinski definition) is 0. The standard InChI is InChI=1S/C22H22ClNO5/c1-24-14-4-2-6-16(25)21(14)20(22-15(24)5-3-7-17(22)26)13-10-12(23)8-9-18(13)29-11-19(27)28/h8-10,20H,2-7,11H2,1H3,(H,27,28)/p-1. The van der Waals surface area contributed by atoms with Gasteiger partial charge in [-0.3, -0.25) is 9.59 Å². The summed E-state index contributed by atoms with van der Waals surface area (Å²) in [5, 5.41) is 11.4. The van der Waals surface area contributed by atoms with E-state index < -0.39 is 18.5 Å². The summed E-state index contributed by atoms with van der Waals surface area (Å²) >= 11 is 6.25. The molecule has 3 aliphatic rings. The lowest BCUT2D eigenvalue weighted by Gasteiger charge is -2.42. The lowest BCUT2D eigenvalue weighted by Crippen LogP contribution is -2.37. The number of benzene rings is 1. The van der Waals surface area contributed by atoms with E-state index in [4.69, 9.17) is 16.3 Å². The molecule has 0 fully saturated rings. The van der Waals surface area contributed by atoms with E-state index in [1.807, 2.05) is 11.9 Å². The Labute approximate surface area is 173 Å². The number of aliphatic carboxylic acids is 1. The lowest BCUT2D eigenvalue weighted by molar-refractivity contribution is -0.307. The van der Waals surface area contributed by atoms with Crippen LogP contribution in [0.25, 0.3) is 0 Å². The molecule has 29 heavy (non-hydrogen) atoms. The fourth-order valence-corrected chi connectivity index (χ4v) is 4.86. The van der Waals surface area contributed by atoms with Crippen LogP contribution >= 0.6 is 11.6 Å². The third-order valence-corrected chi connectivity index (χ3v) is 6.11. The molecule has 0 radical (unpaired) electrons. The molecule has 0 N–H and O–H groups in total. The number of ketones is 2. The molecule has 0 unspecified atom stereocenters. The number of nitrogens with zero attached hydrogens (tertiary/aromatic N) is 1. The molecule has 0 spiro atoms. The number of carbonyl (C=O) groups is 3. The zero-order valence-electron chi connectivity index (χ0n) is 16.1. The maximum Gasteiger partial charge on any atom is 0.161 e. The van der Waals surface area contributed by atoms with E-state index in [-0.39, 0.29) is 11.6 Å². The average Bonchev–Trinajstić information content (AvgIpc) is 2.68. The lowest BCUT2D eigenvalue weighted by atomic mass is 9.71. The van der Waals surface area contributed by atoms with E-state index in [9.17, 15) is 19.5 Å². The molecule has 6 nitrogen and oxygen atoms in total. The fourth-order valence-electron chi connectivity index (χ4n) is 4.68. The number of halogens is 1. The molecule has 7 heteroatoms. The van der Waals surface area contributed by atoms with Crippen molar-refractivity contribution in [3.63, 3.8) is 0 Å². The highest BCUT2D eigenvalue weighted by molar-refractivity contribution is 6.30. The smallest absolute Gasteiger partial charge is 0.161 e. The first kappa shape index (κ1) is 19.7. The maximum atomic E-state index is 13.0. The Balaban J connectivity index is 1.94. The van der Waals surface area contributed by atoms with Crippen molar-refractivity contribution in [3.8, 4) is 5.75 Å². The molecular formula is C22H21ClNO5-. The van der Waals surface area contributed by atoms with Gasteiger partial charge in [0, 0.05) is 58.9 Å². The van der Waals surface area contributed by atoms with Crippen molar-refractivity contribution in [1.29, 1.82) is 0 Å². The van der Waals surface area contributed by atoms with E-state index in [0.717, 1.165) is 37.1 Å². The molecule has 1 aromatic carbocycles. The monoisotopic (exact) mass is 414 g/mol. The maximum absolute atomic E-state index is 13.0. The first-order valence-corrected chi connectivity index (χ1v) is 10.1. The van der Waals surface area contributed by atoms with Crippen LogP contribution in [-0.2, 0) is 14.4 Å². The molecule has 0 atom stereocenters. The molecule has 1 aromatic rings.